The van der Waals surface area contributed by atoms with E-state index in [2.05, 4.69) is 9.71 Å². The van der Waals surface area contributed by atoms with Gasteiger partial charge in [-0.05, 0) is 11.6 Å². The molecular formula is C22H27ClF3N3O7S. The van der Waals surface area contributed by atoms with Crippen LogP contribution in [-0.2, 0) is 32.4 Å². The first kappa shape index (κ1) is 30.6. The molecule has 0 fully saturated rings. The Morgan fingerprint density at radius 2 is 1.92 bits per heavy atom. The zero-order valence-electron chi connectivity index (χ0n) is 19.9. The molecule has 0 aliphatic rings. The van der Waals surface area contributed by atoms with E-state index in [9.17, 15) is 31.5 Å². The minimum Gasteiger partial charge on any atom is -0.472 e. The molecule has 0 bridgehead atoms. The van der Waals surface area contributed by atoms with Crippen LogP contribution in [0.15, 0.2) is 42.6 Å². The van der Waals surface area contributed by atoms with Gasteiger partial charge in [-0.2, -0.15) is 30.6 Å². The van der Waals surface area contributed by atoms with Crippen LogP contribution in [0.4, 0.5) is 18.0 Å². The molecule has 1 amide bonds. The lowest BCUT2D eigenvalue weighted by Crippen LogP contribution is -2.48. The third-order valence-electron chi connectivity index (χ3n) is 4.98. The standard InChI is InChI=1S/C22H27ClF3N3O7S/c1-15(14-35-9-8-34-2)19(36-20-18(23)10-17(11-27-20)22(24,25)26)12-28-37(32,33)29(21(30)31)13-16-6-4-3-5-7-16/h3-7,10-11,15,19,28H,8-9,12-14H2,1-2H3,(H,30,31). The second-order valence-corrected chi connectivity index (χ2v) is 9.93. The van der Waals surface area contributed by atoms with E-state index in [0.29, 0.717) is 24.4 Å². The third kappa shape index (κ3) is 9.63. The Morgan fingerprint density at radius 1 is 1.24 bits per heavy atom. The van der Waals surface area contributed by atoms with E-state index in [-0.39, 0.29) is 23.4 Å². The number of hydrogen-bond acceptors (Lipinski definition) is 7. The second kappa shape index (κ2) is 13.8. The number of aromatic nitrogens is 1. The van der Waals surface area contributed by atoms with Crippen LogP contribution in [-0.4, -0.2) is 68.5 Å². The number of carbonyl (C=O) groups is 1. The van der Waals surface area contributed by atoms with Gasteiger partial charge in [0.2, 0.25) is 5.88 Å². The molecule has 2 aromatic rings. The molecule has 1 heterocycles. The molecule has 0 aliphatic carbocycles. The number of ether oxygens (including phenoxy) is 3. The Labute approximate surface area is 217 Å². The van der Waals surface area contributed by atoms with Gasteiger partial charge < -0.3 is 19.3 Å². The molecule has 1 aromatic carbocycles. The van der Waals surface area contributed by atoms with Crippen molar-refractivity contribution in [2.45, 2.75) is 25.7 Å². The zero-order chi connectivity index (χ0) is 27.6. The molecule has 0 aliphatic heterocycles. The van der Waals surface area contributed by atoms with Crippen molar-refractivity contribution >= 4 is 27.9 Å². The van der Waals surface area contributed by atoms with Gasteiger partial charge in [-0.3, -0.25) is 0 Å². The van der Waals surface area contributed by atoms with Gasteiger partial charge in [0.15, 0.2) is 0 Å². The van der Waals surface area contributed by atoms with E-state index in [1.165, 1.54) is 7.11 Å². The lowest BCUT2D eigenvalue weighted by Gasteiger charge is -2.27. The summed E-state index contributed by atoms with van der Waals surface area (Å²) in [7, 11) is -3.08. The molecule has 2 atom stereocenters. The molecular weight excluding hydrogens is 543 g/mol. The summed E-state index contributed by atoms with van der Waals surface area (Å²) >= 11 is 5.94. The van der Waals surface area contributed by atoms with Crippen molar-refractivity contribution < 1.29 is 45.7 Å². The Hall–Kier alpha value is -2.65. The van der Waals surface area contributed by atoms with E-state index >= 15 is 0 Å². The summed E-state index contributed by atoms with van der Waals surface area (Å²) in [4.78, 5) is 15.3. The van der Waals surface area contributed by atoms with E-state index in [1.807, 2.05) is 0 Å². The van der Waals surface area contributed by atoms with Crippen molar-refractivity contribution in [2.24, 2.45) is 5.92 Å². The second-order valence-electron chi connectivity index (χ2n) is 7.84. The van der Waals surface area contributed by atoms with Crippen LogP contribution >= 0.6 is 11.6 Å². The highest BCUT2D eigenvalue weighted by Gasteiger charge is 2.33. The van der Waals surface area contributed by atoms with Crippen LogP contribution in [0.1, 0.15) is 18.1 Å². The first-order chi connectivity index (χ1) is 17.3. The van der Waals surface area contributed by atoms with E-state index in [4.69, 9.17) is 25.8 Å². The average Bonchev–Trinajstić information content (AvgIpc) is 2.83. The maximum atomic E-state index is 12.9. The molecule has 0 saturated carbocycles. The van der Waals surface area contributed by atoms with Crippen LogP contribution in [0.3, 0.4) is 0 Å². The zero-order valence-corrected chi connectivity index (χ0v) is 21.5. The number of methoxy groups -OCH3 is 1. The first-order valence-corrected chi connectivity index (χ1v) is 12.7. The predicted molar refractivity (Wildman–Crippen MR) is 127 cm³/mol. The molecule has 206 valence electrons. The molecule has 0 radical (unpaired) electrons. The normalized spacial score (nSPS) is 13.7. The Balaban J connectivity index is 2.22. The number of benzene rings is 1. The molecule has 2 N–H and O–H groups in total. The minimum absolute atomic E-state index is 0.0562. The minimum atomic E-state index is -4.67. The van der Waals surface area contributed by atoms with Crippen molar-refractivity contribution in [3.8, 4) is 5.88 Å². The van der Waals surface area contributed by atoms with Crippen molar-refractivity contribution in [2.75, 3.05) is 33.5 Å². The molecule has 2 unspecified atom stereocenters. The van der Waals surface area contributed by atoms with Gasteiger partial charge in [0.05, 0.1) is 31.9 Å². The van der Waals surface area contributed by atoms with Crippen molar-refractivity contribution in [3.05, 3.63) is 58.7 Å². The maximum Gasteiger partial charge on any atom is 0.422 e. The molecule has 1 aromatic heterocycles. The number of halogens is 4. The number of carboxylic acid groups (broad SMARTS) is 1. The number of nitrogens with one attached hydrogen (secondary N) is 1. The number of amides is 1. The fraction of sp³-hybridized carbons (Fsp3) is 0.455. The molecule has 15 heteroatoms. The Bertz CT molecular complexity index is 1120. The van der Waals surface area contributed by atoms with Crippen LogP contribution in [0, 0.1) is 5.92 Å². The van der Waals surface area contributed by atoms with Gasteiger partial charge in [0.1, 0.15) is 11.1 Å². The van der Waals surface area contributed by atoms with Crippen molar-refractivity contribution in [3.63, 3.8) is 0 Å². The Morgan fingerprint density at radius 3 is 2.49 bits per heavy atom. The van der Waals surface area contributed by atoms with Gasteiger partial charge in [-0.25, -0.2) is 9.78 Å². The van der Waals surface area contributed by atoms with Crippen LogP contribution < -0.4 is 9.46 Å². The van der Waals surface area contributed by atoms with E-state index in [0.717, 1.165) is 0 Å². The SMILES string of the molecule is COCCOCC(C)C(CNS(=O)(=O)N(Cc1ccccc1)C(=O)O)Oc1ncc(C(F)(F)F)cc1Cl. The summed E-state index contributed by atoms with van der Waals surface area (Å²) < 4.78 is 82.9. The summed E-state index contributed by atoms with van der Waals surface area (Å²) in [5, 5.41) is 9.06. The fourth-order valence-electron chi connectivity index (χ4n) is 2.96. The highest BCUT2D eigenvalue weighted by atomic mass is 35.5. The smallest absolute Gasteiger partial charge is 0.422 e. The van der Waals surface area contributed by atoms with Crippen LogP contribution in [0.5, 0.6) is 5.88 Å². The first-order valence-electron chi connectivity index (χ1n) is 10.9. The number of hydrogen-bond donors (Lipinski definition) is 2. The van der Waals surface area contributed by atoms with E-state index < -0.39 is 58.2 Å². The van der Waals surface area contributed by atoms with Gasteiger partial charge in [-0.1, -0.05) is 48.9 Å². The lowest BCUT2D eigenvalue weighted by atomic mass is 10.1. The average molecular weight is 570 g/mol. The van der Waals surface area contributed by atoms with Crippen molar-refractivity contribution in [1.29, 1.82) is 0 Å². The maximum absolute atomic E-state index is 12.9. The number of alkyl halides is 3. The molecule has 10 nitrogen and oxygen atoms in total. The lowest BCUT2D eigenvalue weighted by molar-refractivity contribution is -0.137. The highest BCUT2D eigenvalue weighted by Crippen LogP contribution is 2.33. The number of rotatable bonds is 14. The highest BCUT2D eigenvalue weighted by molar-refractivity contribution is 7.87. The Kier molecular flexibility index (Phi) is 11.4. The monoisotopic (exact) mass is 569 g/mol. The summed E-state index contributed by atoms with van der Waals surface area (Å²) in [6.45, 7) is 1.31. The third-order valence-corrected chi connectivity index (χ3v) is 6.65. The summed E-state index contributed by atoms with van der Waals surface area (Å²) in [6.07, 6.45) is -6.90. The topological polar surface area (TPSA) is 127 Å². The van der Waals surface area contributed by atoms with Gasteiger partial charge in [0, 0.05) is 25.8 Å². The van der Waals surface area contributed by atoms with Gasteiger partial charge in [0.25, 0.3) is 0 Å². The molecule has 0 spiro atoms. The van der Waals surface area contributed by atoms with Crippen LogP contribution in [0.2, 0.25) is 5.02 Å². The summed E-state index contributed by atoms with van der Waals surface area (Å²) in [5.41, 5.74) is -0.653. The largest absolute Gasteiger partial charge is 0.472 e. The summed E-state index contributed by atoms with van der Waals surface area (Å²) in [6, 6.07) is 8.72. The van der Waals surface area contributed by atoms with Gasteiger partial charge in [-0.15, -0.1) is 0 Å². The quantitative estimate of drug-likeness (QED) is 0.329. The predicted octanol–water partition coefficient (Wildman–Crippen LogP) is 3.81. The number of pyridine rings is 1. The van der Waals surface area contributed by atoms with Gasteiger partial charge >= 0.3 is 22.5 Å². The van der Waals surface area contributed by atoms with E-state index in [1.54, 1.807) is 37.3 Å². The number of nitrogens with zero attached hydrogens (tertiary/aromatic N) is 2. The molecule has 37 heavy (non-hydrogen) atoms. The van der Waals surface area contributed by atoms with Crippen molar-refractivity contribution in [1.82, 2.24) is 14.0 Å². The fourth-order valence-corrected chi connectivity index (χ4v) is 4.22. The molecule has 0 saturated heterocycles. The van der Waals surface area contributed by atoms with Crippen LogP contribution in [0.25, 0.3) is 0 Å². The molecule has 2 rings (SSSR count). The summed E-state index contributed by atoms with van der Waals surface area (Å²) in [5.74, 6) is -0.894.